The quantitative estimate of drug-likeness (QED) is 0.763. The SMILES string of the molecule is CN1CCN(NC(=O)C2CCCC(C(=O)O)C2)CC1. The predicted octanol–water partition coefficient (Wildman–Crippen LogP) is 0.156. The van der Waals surface area contributed by atoms with Crippen LogP contribution in [0, 0.1) is 11.8 Å². The van der Waals surface area contributed by atoms with E-state index in [2.05, 4.69) is 17.4 Å². The van der Waals surface area contributed by atoms with Gasteiger partial charge in [0.2, 0.25) is 5.91 Å². The second kappa shape index (κ2) is 6.34. The summed E-state index contributed by atoms with van der Waals surface area (Å²) in [7, 11) is 2.07. The first-order valence-electron chi connectivity index (χ1n) is 7.03. The van der Waals surface area contributed by atoms with E-state index in [1.165, 1.54) is 0 Å². The number of nitrogens with one attached hydrogen (secondary N) is 1. The Hall–Kier alpha value is -1.14. The molecule has 1 saturated heterocycles. The summed E-state index contributed by atoms with van der Waals surface area (Å²) < 4.78 is 0. The van der Waals surface area contributed by atoms with Gasteiger partial charge in [-0.2, -0.15) is 0 Å². The molecule has 1 aliphatic carbocycles. The molecule has 0 bridgehead atoms. The van der Waals surface area contributed by atoms with Gasteiger partial charge in [-0.3, -0.25) is 15.0 Å². The minimum atomic E-state index is -0.767. The number of piperazine rings is 1. The van der Waals surface area contributed by atoms with Crippen LogP contribution in [-0.2, 0) is 9.59 Å². The smallest absolute Gasteiger partial charge is 0.306 e. The highest BCUT2D eigenvalue weighted by Crippen LogP contribution is 2.29. The van der Waals surface area contributed by atoms with E-state index in [1.54, 1.807) is 0 Å². The molecule has 0 spiro atoms. The highest BCUT2D eigenvalue weighted by atomic mass is 16.4. The lowest BCUT2D eigenvalue weighted by atomic mass is 9.81. The first-order valence-corrected chi connectivity index (χ1v) is 7.03. The van der Waals surface area contributed by atoms with Gasteiger partial charge in [-0.15, -0.1) is 0 Å². The second-order valence-corrected chi connectivity index (χ2v) is 5.67. The van der Waals surface area contributed by atoms with E-state index < -0.39 is 5.97 Å². The Bertz CT molecular complexity index is 340. The summed E-state index contributed by atoms with van der Waals surface area (Å²) in [5.74, 6) is -1.26. The van der Waals surface area contributed by atoms with Gasteiger partial charge in [0, 0.05) is 32.1 Å². The molecule has 2 atom stereocenters. The summed E-state index contributed by atoms with van der Waals surface area (Å²) in [5.41, 5.74) is 2.94. The third-order valence-electron chi connectivity index (χ3n) is 4.17. The summed E-state index contributed by atoms with van der Waals surface area (Å²) in [4.78, 5) is 25.4. The number of rotatable bonds is 3. The van der Waals surface area contributed by atoms with Gasteiger partial charge in [0.05, 0.1) is 5.92 Å². The molecule has 1 saturated carbocycles. The van der Waals surface area contributed by atoms with E-state index in [1.807, 2.05) is 5.01 Å². The number of carboxylic acids is 1. The Kier molecular flexibility index (Phi) is 4.76. The van der Waals surface area contributed by atoms with Crippen molar-refractivity contribution in [2.45, 2.75) is 25.7 Å². The third kappa shape index (κ3) is 3.91. The molecule has 2 fully saturated rings. The van der Waals surface area contributed by atoms with E-state index in [0.29, 0.717) is 12.8 Å². The maximum atomic E-state index is 12.2. The molecule has 19 heavy (non-hydrogen) atoms. The number of hydrogen-bond acceptors (Lipinski definition) is 4. The number of aliphatic carboxylic acids is 1. The van der Waals surface area contributed by atoms with Crippen LogP contribution in [0.2, 0.25) is 0 Å². The number of hydrogen-bond donors (Lipinski definition) is 2. The molecule has 2 rings (SSSR count). The number of amides is 1. The van der Waals surface area contributed by atoms with Crippen molar-refractivity contribution in [3.05, 3.63) is 0 Å². The fourth-order valence-corrected chi connectivity index (χ4v) is 2.82. The first kappa shape index (κ1) is 14.3. The first-order chi connectivity index (χ1) is 9.06. The molecule has 2 unspecified atom stereocenters. The van der Waals surface area contributed by atoms with E-state index in [0.717, 1.165) is 39.0 Å². The maximum Gasteiger partial charge on any atom is 0.306 e. The molecule has 0 aromatic carbocycles. The van der Waals surface area contributed by atoms with E-state index in [4.69, 9.17) is 5.11 Å². The van der Waals surface area contributed by atoms with Crippen LogP contribution >= 0.6 is 0 Å². The van der Waals surface area contributed by atoms with Crippen molar-refractivity contribution in [1.29, 1.82) is 0 Å². The molecule has 6 heteroatoms. The summed E-state index contributed by atoms with van der Waals surface area (Å²) in [6.07, 6.45) is 2.82. The van der Waals surface area contributed by atoms with Gasteiger partial charge in [-0.1, -0.05) is 6.42 Å². The fourth-order valence-electron chi connectivity index (χ4n) is 2.82. The number of nitrogens with zero attached hydrogens (tertiary/aromatic N) is 2. The monoisotopic (exact) mass is 269 g/mol. The van der Waals surface area contributed by atoms with Crippen molar-refractivity contribution in [2.75, 3.05) is 33.2 Å². The summed E-state index contributed by atoms with van der Waals surface area (Å²) >= 11 is 0. The molecular formula is C13H23N3O3. The van der Waals surface area contributed by atoms with Crippen LogP contribution in [0.15, 0.2) is 0 Å². The van der Waals surface area contributed by atoms with Gasteiger partial charge in [-0.05, 0) is 26.3 Å². The van der Waals surface area contributed by atoms with Gasteiger partial charge < -0.3 is 10.0 Å². The molecule has 0 aromatic heterocycles. The van der Waals surface area contributed by atoms with Crippen LogP contribution in [-0.4, -0.2) is 60.1 Å². The molecule has 1 heterocycles. The van der Waals surface area contributed by atoms with Crippen molar-refractivity contribution in [3.63, 3.8) is 0 Å². The van der Waals surface area contributed by atoms with Crippen LogP contribution in [0.25, 0.3) is 0 Å². The zero-order valence-corrected chi connectivity index (χ0v) is 11.5. The van der Waals surface area contributed by atoms with Crippen LogP contribution in [0.4, 0.5) is 0 Å². The lowest BCUT2D eigenvalue weighted by molar-refractivity contribution is -0.144. The molecule has 2 N–H and O–H groups in total. The molecule has 1 amide bonds. The van der Waals surface area contributed by atoms with Crippen LogP contribution in [0.1, 0.15) is 25.7 Å². The minimum absolute atomic E-state index is 0.00416. The van der Waals surface area contributed by atoms with Gasteiger partial charge in [-0.25, -0.2) is 5.01 Å². The lowest BCUT2D eigenvalue weighted by Gasteiger charge is -2.34. The Morgan fingerprint density at radius 2 is 1.74 bits per heavy atom. The highest BCUT2D eigenvalue weighted by Gasteiger charge is 2.31. The van der Waals surface area contributed by atoms with Gasteiger partial charge >= 0.3 is 5.97 Å². The van der Waals surface area contributed by atoms with Crippen molar-refractivity contribution in [3.8, 4) is 0 Å². The standard InChI is InChI=1S/C13H23N3O3/c1-15-5-7-16(8-6-15)14-12(17)10-3-2-4-11(9-10)13(18)19/h10-11H,2-9H2,1H3,(H,14,17)(H,18,19). The molecule has 1 aliphatic heterocycles. The Morgan fingerprint density at radius 3 is 2.37 bits per heavy atom. The fraction of sp³-hybridized carbons (Fsp3) is 0.846. The Balaban J connectivity index is 1.80. The average Bonchev–Trinajstić information content (AvgIpc) is 2.41. The second-order valence-electron chi connectivity index (χ2n) is 5.67. The van der Waals surface area contributed by atoms with E-state index >= 15 is 0 Å². The summed E-state index contributed by atoms with van der Waals surface area (Å²) in [6, 6.07) is 0. The Morgan fingerprint density at radius 1 is 1.11 bits per heavy atom. The number of likely N-dealkylation sites (N-methyl/N-ethyl adjacent to an activating group) is 1. The van der Waals surface area contributed by atoms with Crippen LogP contribution in [0.3, 0.4) is 0 Å². The number of carbonyl (C=O) groups is 2. The minimum Gasteiger partial charge on any atom is -0.481 e. The van der Waals surface area contributed by atoms with Gasteiger partial charge in [0.1, 0.15) is 0 Å². The molecule has 6 nitrogen and oxygen atoms in total. The zero-order chi connectivity index (χ0) is 13.8. The summed E-state index contributed by atoms with van der Waals surface area (Å²) in [5, 5.41) is 11.0. The Labute approximate surface area is 113 Å². The third-order valence-corrected chi connectivity index (χ3v) is 4.17. The summed E-state index contributed by atoms with van der Waals surface area (Å²) in [6.45, 7) is 3.56. The number of carbonyl (C=O) groups excluding carboxylic acids is 1. The highest BCUT2D eigenvalue weighted by molar-refractivity contribution is 5.79. The molecule has 108 valence electrons. The van der Waals surface area contributed by atoms with Crippen molar-refractivity contribution in [2.24, 2.45) is 11.8 Å². The van der Waals surface area contributed by atoms with Crippen LogP contribution in [0.5, 0.6) is 0 Å². The van der Waals surface area contributed by atoms with Gasteiger partial charge in [0.15, 0.2) is 0 Å². The van der Waals surface area contributed by atoms with E-state index in [-0.39, 0.29) is 17.7 Å². The van der Waals surface area contributed by atoms with Crippen molar-refractivity contribution in [1.82, 2.24) is 15.3 Å². The number of hydrazine groups is 1. The van der Waals surface area contributed by atoms with E-state index in [9.17, 15) is 9.59 Å². The van der Waals surface area contributed by atoms with Gasteiger partial charge in [0.25, 0.3) is 0 Å². The number of carboxylic acid groups (broad SMARTS) is 1. The molecule has 0 aromatic rings. The van der Waals surface area contributed by atoms with Crippen molar-refractivity contribution >= 4 is 11.9 Å². The average molecular weight is 269 g/mol. The molecule has 0 radical (unpaired) electrons. The molecule has 2 aliphatic rings. The topological polar surface area (TPSA) is 72.9 Å². The predicted molar refractivity (Wildman–Crippen MR) is 70.3 cm³/mol. The largest absolute Gasteiger partial charge is 0.481 e. The zero-order valence-electron chi connectivity index (χ0n) is 11.5. The normalized spacial score (nSPS) is 29.9. The maximum absolute atomic E-state index is 12.2. The lowest BCUT2D eigenvalue weighted by Crippen LogP contribution is -2.54. The van der Waals surface area contributed by atoms with Crippen molar-refractivity contribution < 1.29 is 14.7 Å². The molecular weight excluding hydrogens is 246 g/mol. The van der Waals surface area contributed by atoms with Crippen LogP contribution < -0.4 is 5.43 Å².